The van der Waals surface area contributed by atoms with Crippen LogP contribution in [0.4, 0.5) is 5.69 Å². The number of benzene rings is 2. The quantitative estimate of drug-likeness (QED) is 0.617. The predicted molar refractivity (Wildman–Crippen MR) is 122 cm³/mol. The van der Waals surface area contributed by atoms with Crippen molar-refractivity contribution in [2.75, 3.05) is 18.4 Å². The number of aromatic nitrogens is 3. The zero-order valence-corrected chi connectivity index (χ0v) is 19.0. The number of para-hydroxylation sites is 2. The van der Waals surface area contributed by atoms with Crippen LogP contribution in [-0.4, -0.2) is 46.7 Å². The maximum atomic E-state index is 13.0. The molecular formula is C23H27N5O3S. The van der Waals surface area contributed by atoms with Gasteiger partial charge < -0.3 is 5.32 Å². The number of piperidine rings is 1. The van der Waals surface area contributed by atoms with Crippen LogP contribution in [-0.2, 0) is 14.8 Å². The molecule has 0 bridgehead atoms. The molecule has 1 saturated heterocycles. The summed E-state index contributed by atoms with van der Waals surface area (Å²) in [6, 6.07) is 14.4. The molecule has 0 atom stereocenters. The number of carbonyl (C=O) groups is 1. The minimum atomic E-state index is -3.57. The topological polar surface area (TPSA) is 97.2 Å². The van der Waals surface area contributed by atoms with Gasteiger partial charge in [0.15, 0.2) is 0 Å². The Kier molecular flexibility index (Phi) is 6.38. The van der Waals surface area contributed by atoms with Gasteiger partial charge in [-0.2, -0.15) is 4.31 Å². The molecule has 1 aliphatic heterocycles. The van der Waals surface area contributed by atoms with Crippen molar-refractivity contribution in [1.29, 1.82) is 0 Å². The molecule has 0 aliphatic carbocycles. The van der Waals surface area contributed by atoms with Gasteiger partial charge in [0.1, 0.15) is 0 Å². The molecule has 4 rings (SSSR count). The Morgan fingerprint density at radius 1 is 1.06 bits per heavy atom. The fraction of sp³-hybridized carbons (Fsp3) is 0.348. The number of hydrogen-bond acceptors (Lipinski definition) is 5. The van der Waals surface area contributed by atoms with Gasteiger partial charge in [0, 0.05) is 19.0 Å². The first-order chi connectivity index (χ1) is 15.4. The lowest BCUT2D eigenvalue weighted by Crippen LogP contribution is -2.41. The van der Waals surface area contributed by atoms with Crippen LogP contribution >= 0.6 is 0 Å². The molecule has 1 fully saturated rings. The van der Waals surface area contributed by atoms with Crippen LogP contribution in [0.25, 0.3) is 5.69 Å². The maximum absolute atomic E-state index is 13.0. The van der Waals surface area contributed by atoms with Crippen molar-refractivity contribution in [3.8, 4) is 5.69 Å². The maximum Gasteiger partial charge on any atom is 0.243 e. The van der Waals surface area contributed by atoms with E-state index in [0.29, 0.717) is 42.4 Å². The van der Waals surface area contributed by atoms with E-state index in [1.54, 1.807) is 29.2 Å². The summed E-state index contributed by atoms with van der Waals surface area (Å²) in [6.07, 6.45) is 4.23. The number of nitrogens with zero attached hydrogens (tertiary/aromatic N) is 4. The Morgan fingerprint density at radius 2 is 1.75 bits per heavy atom. The number of hydrogen-bond donors (Lipinski definition) is 1. The van der Waals surface area contributed by atoms with E-state index < -0.39 is 10.0 Å². The van der Waals surface area contributed by atoms with Gasteiger partial charge in [-0.15, -0.1) is 5.10 Å². The highest BCUT2D eigenvalue weighted by Gasteiger charge is 2.32. The molecule has 0 unspecified atom stereocenters. The van der Waals surface area contributed by atoms with Crippen molar-refractivity contribution in [3.63, 3.8) is 0 Å². The number of rotatable bonds is 6. The van der Waals surface area contributed by atoms with Gasteiger partial charge in [-0.1, -0.05) is 43.3 Å². The molecule has 32 heavy (non-hydrogen) atoms. The van der Waals surface area contributed by atoms with E-state index in [2.05, 4.69) is 29.5 Å². The first-order valence-electron chi connectivity index (χ1n) is 10.7. The smallest absolute Gasteiger partial charge is 0.243 e. The summed E-state index contributed by atoms with van der Waals surface area (Å²) in [7, 11) is -3.57. The average Bonchev–Trinajstić information content (AvgIpc) is 3.34. The van der Waals surface area contributed by atoms with E-state index in [1.165, 1.54) is 4.31 Å². The molecule has 1 aliphatic rings. The standard InChI is InChI=1S/C23H27N5O3S/c1-17(2)18-7-9-20(10-8-18)32(30,31)27-14-11-19(12-15-27)23(29)25-21-5-3-4-6-22(21)28-16-13-24-26-28/h3-10,13,16-17,19H,11-12,14-15H2,1-2H3,(H,25,29). The van der Waals surface area contributed by atoms with Crippen molar-refractivity contribution >= 4 is 21.6 Å². The van der Waals surface area contributed by atoms with E-state index in [9.17, 15) is 13.2 Å². The highest BCUT2D eigenvalue weighted by Crippen LogP contribution is 2.27. The Balaban J connectivity index is 1.40. The normalized spacial score (nSPS) is 15.7. The van der Waals surface area contributed by atoms with Gasteiger partial charge in [0.05, 0.1) is 28.7 Å². The van der Waals surface area contributed by atoms with Gasteiger partial charge in [-0.3, -0.25) is 4.79 Å². The van der Waals surface area contributed by atoms with E-state index in [1.807, 2.05) is 36.4 Å². The molecule has 0 saturated carbocycles. The monoisotopic (exact) mass is 453 g/mol. The zero-order chi connectivity index (χ0) is 22.7. The molecule has 2 aromatic carbocycles. The van der Waals surface area contributed by atoms with Gasteiger partial charge >= 0.3 is 0 Å². The number of nitrogens with one attached hydrogen (secondary N) is 1. The largest absolute Gasteiger partial charge is 0.324 e. The number of anilines is 1. The SMILES string of the molecule is CC(C)c1ccc(S(=O)(=O)N2CCC(C(=O)Nc3ccccc3-n3ccnn3)CC2)cc1. The summed E-state index contributed by atoms with van der Waals surface area (Å²) in [5.74, 6) is -0.0276. The van der Waals surface area contributed by atoms with Crippen LogP contribution in [0.2, 0.25) is 0 Å². The van der Waals surface area contributed by atoms with Crippen LogP contribution in [0, 0.1) is 5.92 Å². The molecule has 9 heteroatoms. The zero-order valence-electron chi connectivity index (χ0n) is 18.2. The summed E-state index contributed by atoms with van der Waals surface area (Å²) >= 11 is 0. The van der Waals surface area contributed by atoms with Gasteiger partial charge in [0.2, 0.25) is 15.9 Å². The molecule has 1 N–H and O–H groups in total. The molecule has 1 amide bonds. The van der Waals surface area contributed by atoms with Crippen LogP contribution in [0.15, 0.2) is 65.8 Å². The van der Waals surface area contributed by atoms with Crippen LogP contribution in [0.3, 0.4) is 0 Å². The highest BCUT2D eigenvalue weighted by molar-refractivity contribution is 7.89. The number of amides is 1. The minimum Gasteiger partial charge on any atom is -0.324 e. The summed E-state index contributed by atoms with van der Waals surface area (Å²) in [6.45, 7) is 4.78. The Morgan fingerprint density at radius 3 is 2.38 bits per heavy atom. The van der Waals surface area contributed by atoms with E-state index >= 15 is 0 Å². The second-order valence-corrected chi connectivity index (χ2v) is 10.2. The molecule has 8 nitrogen and oxygen atoms in total. The second-order valence-electron chi connectivity index (χ2n) is 8.26. The summed E-state index contributed by atoms with van der Waals surface area (Å²) in [5, 5.41) is 10.8. The van der Waals surface area contributed by atoms with E-state index in [4.69, 9.17) is 0 Å². The lowest BCUT2D eigenvalue weighted by molar-refractivity contribution is -0.120. The molecule has 3 aromatic rings. The first-order valence-corrected chi connectivity index (χ1v) is 12.2. The minimum absolute atomic E-state index is 0.115. The predicted octanol–water partition coefficient (Wildman–Crippen LogP) is 3.43. The van der Waals surface area contributed by atoms with Crippen LogP contribution in [0.5, 0.6) is 0 Å². The highest BCUT2D eigenvalue weighted by atomic mass is 32.2. The van der Waals surface area contributed by atoms with Crippen molar-refractivity contribution < 1.29 is 13.2 Å². The van der Waals surface area contributed by atoms with Crippen molar-refractivity contribution in [1.82, 2.24) is 19.3 Å². The Hall–Kier alpha value is -3.04. The molecular weight excluding hydrogens is 426 g/mol. The summed E-state index contributed by atoms with van der Waals surface area (Å²) in [5.41, 5.74) is 2.47. The Bertz CT molecular complexity index is 1170. The number of carbonyl (C=O) groups excluding carboxylic acids is 1. The lowest BCUT2D eigenvalue weighted by Gasteiger charge is -2.30. The molecule has 2 heterocycles. The van der Waals surface area contributed by atoms with E-state index in [-0.39, 0.29) is 11.8 Å². The Labute approximate surface area is 188 Å². The fourth-order valence-corrected chi connectivity index (χ4v) is 5.35. The third-order valence-electron chi connectivity index (χ3n) is 5.84. The molecule has 1 aromatic heterocycles. The van der Waals surface area contributed by atoms with Gasteiger partial charge in [-0.25, -0.2) is 13.1 Å². The number of sulfonamides is 1. The third kappa shape index (κ3) is 4.58. The fourth-order valence-electron chi connectivity index (χ4n) is 3.88. The van der Waals surface area contributed by atoms with Crippen LogP contribution < -0.4 is 5.32 Å². The van der Waals surface area contributed by atoms with Crippen LogP contribution in [0.1, 0.15) is 38.2 Å². The summed E-state index contributed by atoms with van der Waals surface area (Å²) in [4.78, 5) is 13.2. The van der Waals surface area contributed by atoms with Gasteiger partial charge in [0.25, 0.3) is 0 Å². The van der Waals surface area contributed by atoms with Gasteiger partial charge in [-0.05, 0) is 48.6 Å². The third-order valence-corrected chi connectivity index (χ3v) is 7.75. The van der Waals surface area contributed by atoms with Crippen molar-refractivity contribution in [2.45, 2.75) is 37.5 Å². The van der Waals surface area contributed by atoms with Crippen molar-refractivity contribution in [3.05, 3.63) is 66.5 Å². The van der Waals surface area contributed by atoms with E-state index in [0.717, 1.165) is 11.3 Å². The second kappa shape index (κ2) is 9.22. The summed E-state index contributed by atoms with van der Waals surface area (Å²) < 4.78 is 29.1. The lowest BCUT2D eigenvalue weighted by atomic mass is 9.97. The average molecular weight is 454 g/mol. The molecule has 168 valence electrons. The molecule has 0 spiro atoms. The van der Waals surface area contributed by atoms with Crippen molar-refractivity contribution in [2.24, 2.45) is 5.92 Å². The first kappa shape index (κ1) is 22.2. The molecule has 0 radical (unpaired) electrons.